The number of methoxy groups -OCH3 is 1. The van der Waals surface area contributed by atoms with E-state index in [-0.39, 0.29) is 55.7 Å². The standard InChI is InChI=1S/C47H66N4O11/c1-14-24(5)38(53)27(8)39(54)28(9)42(61-30(11)52)26(7)31(59-13)16-21-60-46(12)44(57)34-32-33(40(55)29(10)43(34)62-46)41(56)37(48-45(58)25(6)15-2)36-35(32)49-47(50-36)17-19-51(20-18-47)22-23(3)4/h14-16,21,23-24,26-28,31,38-39,42,53-56H,1,17-20,22H2,2-13H3,(H,48,58)/b21-16+,25-15+/t24-,26+,27+,28+,31-,38-,39+,42+,46-/m0/s1. The number of aliphatic hydroxyl groups excluding tert-OH is 2. The molecule has 15 nitrogen and oxygen atoms in total. The summed E-state index contributed by atoms with van der Waals surface area (Å²) in [5, 5.41) is 49.2. The number of amides is 1. The van der Waals surface area contributed by atoms with Gasteiger partial charge in [-0.05, 0) is 32.8 Å². The smallest absolute Gasteiger partial charge is 0.312 e. The summed E-state index contributed by atoms with van der Waals surface area (Å²) in [5.41, 5.74) is -0.369. The second-order valence-corrected chi connectivity index (χ2v) is 17.9. The van der Waals surface area contributed by atoms with E-state index in [4.69, 9.17) is 28.9 Å². The van der Waals surface area contributed by atoms with Crippen molar-refractivity contribution in [3.8, 4) is 17.2 Å². The first kappa shape index (κ1) is 48.2. The number of Topliss-reactive ketones (excluding diaryl/α,β-unsaturated/α-hetero) is 1. The number of likely N-dealkylation sites (tertiary alicyclic amines) is 1. The summed E-state index contributed by atoms with van der Waals surface area (Å²) in [7, 11) is 1.46. The van der Waals surface area contributed by atoms with E-state index in [0.717, 1.165) is 6.54 Å². The highest BCUT2D eigenvalue weighted by atomic mass is 16.7. The fourth-order valence-corrected chi connectivity index (χ4v) is 8.91. The topological polar surface area (TPSA) is 209 Å². The summed E-state index contributed by atoms with van der Waals surface area (Å²) in [6.45, 7) is 25.1. The lowest BCUT2D eigenvalue weighted by molar-refractivity contribution is -0.160. The number of carbonyl (C=O) groups excluding carboxylic acids is 3. The van der Waals surface area contributed by atoms with Gasteiger partial charge in [0.1, 0.15) is 28.6 Å². The molecular weight excluding hydrogens is 797 g/mol. The van der Waals surface area contributed by atoms with E-state index in [9.17, 15) is 34.8 Å². The number of ether oxygens (including phenoxy) is 4. The molecule has 62 heavy (non-hydrogen) atoms. The first-order chi connectivity index (χ1) is 29.1. The maximum Gasteiger partial charge on any atom is 0.312 e. The number of piperidine rings is 1. The molecule has 1 saturated heterocycles. The van der Waals surface area contributed by atoms with Crippen LogP contribution in [0.5, 0.6) is 17.2 Å². The zero-order valence-electron chi connectivity index (χ0n) is 38.2. The summed E-state index contributed by atoms with van der Waals surface area (Å²) in [5.74, 6) is -6.02. The van der Waals surface area contributed by atoms with Crippen molar-refractivity contribution < 1.29 is 53.8 Å². The molecule has 0 saturated carbocycles. The van der Waals surface area contributed by atoms with Gasteiger partial charge < -0.3 is 49.6 Å². The number of nitrogens with one attached hydrogen (secondary N) is 1. The number of anilines is 1. The highest BCUT2D eigenvalue weighted by Crippen LogP contribution is 2.50. The number of carbonyl (C=O) groups is 3. The minimum Gasteiger partial charge on any atom is -0.507 e. The third-order valence-electron chi connectivity index (χ3n) is 12.9. The minimum absolute atomic E-state index is 0.0162. The molecule has 2 aromatic carbocycles. The second kappa shape index (κ2) is 18.9. The molecule has 5 N–H and O–H groups in total. The summed E-state index contributed by atoms with van der Waals surface area (Å²) >= 11 is 0. The molecule has 0 unspecified atom stereocenters. The molecule has 9 atom stereocenters. The van der Waals surface area contributed by atoms with Crippen LogP contribution >= 0.6 is 0 Å². The lowest BCUT2D eigenvalue weighted by Crippen LogP contribution is -2.46. The van der Waals surface area contributed by atoms with Gasteiger partial charge in [0.05, 0.1) is 40.9 Å². The van der Waals surface area contributed by atoms with Crippen molar-refractivity contribution in [2.24, 2.45) is 39.6 Å². The zero-order chi connectivity index (χ0) is 46.2. The van der Waals surface area contributed by atoms with Gasteiger partial charge in [-0.25, -0.2) is 0 Å². The van der Waals surface area contributed by atoms with E-state index < -0.39 is 77.0 Å². The van der Waals surface area contributed by atoms with Gasteiger partial charge >= 0.3 is 11.8 Å². The molecule has 15 heteroatoms. The Balaban J connectivity index is 1.54. The monoisotopic (exact) mass is 862 g/mol. The van der Waals surface area contributed by atoms with Gasteiger partial charge in [0.15, 0.2) is 11.4 Å². The maximum absolute atomic E-state index is 14.7. The lowest BCUT2D eigenvalue weighted by Gasteiger charge is -2.38. The van der Waals surface area contributed by atoms with Crippen LogP contribution in [0.2, 0.25) is 0 Å². The van der Waals surface area contributed by atoms with Gasteiger partial charge in [-0.1, -0.05) is 53.7 Å². The van der Waals surface area contributed by atoms with E-state index in [1.807, 2.05) is 0 Å². The van der Waals surface area contributed by atoms with E-state index in [2.05, 4.69) is 30.6 Å². The number of esters is 1. The number of hydrogen-bond acceptors (Lipinski definition) is 14. The van der Waals surface area contributed by atoms with E-state index >= 15 is 0 Å². The Kier molecular flexibility index (Phi) is 14.7. The molecule has 340 valence electrons. The Hall–Kier alpha value is -4.83. The molecule has 0 aromatic heterocycles. The summed E-state index contributed by atoms with van der Waals surface area (Å²) in [4.78, 5) is 52.9. The lowest BCUT2D eigenvalue weighted by atomic mass is 9.78. The average Bonchev–Trinajstić information content (AvgIpc) is 3.74. The number of benzene rings is 2. The van der Waals surface area contributed by atoms with Gasteiger partial charge in [0.2, 0.25) is 0 Å². The number of fused-ring (bicyclic) bond motifs is 5. The summed E-state index contributed by atoms with van der Waals surface area (Å²) in [6.07, 6.45) is 3.58. The van der Waals surface area contributed by atoms with Crippen molar-refractivity contribution in [3.63, 3.8) is 0 Å². The second-order valence-electron chi connectivity index (χ2n) is 17.9. The minimum atomic E-state index is -1.97. The SMILES string of the molecule is C=C[C@H](C)[C@H](O)[C@@H](C)[C@@H](O)[C@@H](C)[C@H](OC(C)=O)[C@H](C)[C@H](/C=C/O[C@@]1(C)Oc2c(C)c(O)c3c(O)c(NC(=O)/C(C)=C/C)c4c(c3c2C1=O)=NC1(CCN(CC(C)C)CC1)N=4)OC. The van der Waals surface area contributed by atoms with Crippen LogP contribution in [0.25, 0.3) is 10.8 Å². The van der Waals surface area contributed by atoms with Crippen molar-refractivity contribution in [1.29, 1.82) is 0 Å². The normalized spacial score (nSPS) is 22.4. The highest BCUT2D eigenvalue weighted by molar-refractivity contribution is 6.19. The predicted molar refractivity (Wildman–Crippen MR) is 234 cm³/mol. The van der Waals surface area contributed by atoms with Crippen LogP contribution in [-0.4, -0.2) is 106 Å². The molecule has 0 aliphatic carbocycles. The summed E-state index contributed by atoms with van der Waals surface area (Å²) < 4.78 is 23.9. The summed E-state index contributed by atoms with van der Waals surface area (Å²) in [6, 6.07) is 0. The highest BCUT2D eigenvalue weighted by Gasteiger charge is 2.50. The van der Waals surface area contributed by atoms with Crippen LogP contribution in [0.4, 0.5) is 5.69 Å². The van der Waals surface area contributed by atoms with Crippen LogP contribution in [0.3, 0.4) is 0 Å². The van der Waals surface area contributed by atoms with Gasteiger partial charge in [0.25, 0.3) is 11.7 Å². The number of phenols is 2. The molecule has 3 aliphatic heterocycles. The number of aliphatic hydroxyl groups is 2. The largest absolute Gasteiger partial charge is 0.507 e. The van der Waals surface area contributed by atoms with E-state index in [1.165, 1.54) is 27.2 Å². The van der Waals surface area contributed by atoms with Crippen LogP contribution in [0.1, 0.15) is 98.0 Å². The van der Waals surface area contributed by atoms with Gasteiger partial charge in [-0.3, -0.25) is 24.4 Å². The van der Waals surface area contributed by atoms with Crippen molar-refractivity contribution in [2.75, 3.05) is 32.1 Å². The first-order valence-electron chi connectivity index (χ1n) is 21.5. The number of ketones is 1. The molecule has 1 amide bonds. The molecule has 1 fully saturated rings. The van der Waals surface area contributed by atoms with Crippen LogP contribution in [0.15, 0.2) is 46.6 Å². The fourth-order valence-electron chi connectivity index (χ4n) is 8.91. The van der Waals surface area contributed by atoms with Crippen LogP contribution in [0, 0.1) is 36.5 Å². The predicted octanol–water partition coefficient (Wildman–Crippen LogP) is 5.39. The number of allylic oxidation sites excluding steroid dienone is 1. The number of aromatic hydroxyl groups is 2. The van der Waals surface area contributed by atoms with E-state index in [1.54, 1.807) is 66.7 Å². The Morgan fingerprint density at radius 2 is 1.60 bits per heavy atom. The third-order valence-corrected chi connectivity index (χ3v) is 12.9. The number of rotatable bonds is 17. The number of hydrogen-bond donors (Lipinski definition) is 5. The average molecular weight is 863 g/mol. The van der Waals surface area contributed by atoms with Crippen LogP contribution in [-0.2, 0) is 23.8 Å². The zero-order valence-corrected chi connectivity index (χ0v) is 38.2. The number of nitrogens with zero attached hydrogens (tertiary/aromatic N) is 3. The Bertz CT molecular complexity index is 2260. The first-order valence-corrected chi connectivity index (χ1v) is 21.5. The van der Waals surface area contributed by atoms with Crippen LogP contribution < -0.4 is 20.8 Å². The third kappa shape index (κ3) is 9.13. The molecule has 5 rings (SSSR count). The Labute approximate surface area is 364 Å². The Morgan fingerprint density at radius 1 is 0.968 bits per heavy atom. The molecule has 0 radical (unpaired) electrons. The number of phenolic OH excluding ortho intramolecular Hbond substituents is 2. The molecule has 1 spiro atoms. The fraction of sp³-hybridized carbons (Fsp3) is 0.596. The van der Waals surface area contributed by atoms with Crippen molar-refractivity contribution >= 4 is 34.1 Å². The molecular formula is C47H66N4O11. The Morgan fingerprint density at radius 3 is 2.16 bits per heavy atom. The van der Waals surface area contributed by atoms with E-state index in [0.29, 0.717) is 37.4 Å². The maximum atomic E-state index is 14.7. The molecule has 2 aromatic rings. The van der Waals surface area contributed by atoms with Gasteiger partial charge in [-0.2, -0.15) is 0 Å². The quantitative estimate of drug-likeness (QED) is 0.0446. The molecule has 0 bridgehead atoms. The van der Waals surface area contributed by atoms with Gasteiger partial charge in [-0.15, -0.1) is 6.58 Å². The van der Waals surface area contributed by atoms with Gasteiger partial charge in [0, 0.05) is 93.6 Å². The van der Waals surface area contributed by atoms with Crippen molar-refractivity contribution in [2.45, 2.75) is 125 Å². The molecule has 3 heterocycles. The molecule has 3 aliphatic rings. The van der Waals surface area contributed by atoms with Crippen molar-refractivity contribution in [1.82, 2.24) is 4.90 Å². The van der Waals surface area contributed by atoms with Crippen molar-refractivity contribution in [3.05, 3.63) is 58.5 Å².